The summed E-state index contributed by atoms with van der Waals surface area (Å²) in [5, 5.41) is 0. The van der Waals surface area contributed by atoms with Crippen LogP contribution in [-0.2, 0) is 16.3 Å². The molecule has 0 saturated carbocycles. The van der Waals surface area contributed by atoms with Crippen molar-refractivity contribution in [1.82, 2.24) is 0 Å². The third-order valence-electron chi connectivity index (χ3n) is 3.03. The molecular formula is C14H23NO2S. The van der Waals surface area contributed by atoms with Crippen LogP contribution in [0.3, 0.4) is 0 Å². The molecule has 0 heterocycles. The first kappa shape index (κ1) is 15.2. The van der Waals surface area contributed by atoms with Gasteiger partial charge in [0.15, 0.2) is 9.84 Å². The highest BCUT2D eigenvalue weighted by Gasteiger charge is 2.28. The Morgan fingerprint density at radius 1 is 1.17 bits per heavy atom. The fourth-order valence-electron chi connectivity index (χ4n) is 1.63. The molecule has 0 aliphatic heterocycles. The lowest BCUT2D eigenvalue weighted by atomic mass is 10.1. The molecule has 1 aromatic rings. The molecule has 0 bridgehead atoms. The van der Waals surface area contributed by atoms with Crippen LogP contribution in [0.2, 0.25) is 0 Å². The molecule has 0 aliphatic carbocycles. The van der Waals surface area contributed by atoms with Crippen LogP contribution in [0.25, 0.3) is 0 Å². The minimum absolute atomic E-state index is 0.107. The number of hydrogen-bond acceptors (Lipinski definition) is 3. The average molecular weight is 269 g/mol. The smallest absolute Gasteiger partial charge is 0.155 e. The lowest BCUT2D eigenvalue weighted by Crippen LogP contribution is -2.34. The van der Waals surface area contributed by atoms with Gasteiger partial charge < -0.3 is 5.73 Å². The summed E-state index contributed by atoms with van der Waals surface area (Å²) in [6.07, 6.45) is 1.23. The lowest BCUT2D eigenvalue weighted by Gasteiger charge is -2.20. The van der Waals surface area contributed by atoms with E-state index in [0.717, 1.165) is 12.0 Å². The molecule has 1 aromatic carbocycles. The Hall–Kier alpha value is -0.870. The molecule has 0 radical (unpaired) electrons. The monoisotopic (exact) mass is 269 g/mol. The van der Waals surface area contributed by atoms with Crippen molar-refractivity contribution in [2.75, 3.05) is 5.75 Å². The van der Waals surface area contributed by atoms with Gasteiger partial charge in [0.2, 0.25) is 0 Å². The molecule has 1 unspecified atom stereocenters. The van der Waals surface area contributed by atoms with E-state index in [1.54, 1.807) is 20.8 Å². The molecule has 0 fully saturated rings. The van der Waals surface area contributed by atoms with Crippen molar-refractivity contribution in [3.05, 3.63) is 35.9 Å². The average Bonchev–Trinajstić information content (AvgIpc) is 2.26. The Labute approximate surface area is 110 Å². The van der Waals surface area contributed by atoms with Gasteiger partial charge in [-0.3, -0.25) is 0 Å². The third kappa shape index (κ3) is 4.42. The highest BCUT2D eigenvalue weighted by atomic mass is 32.2. The van der Waals surface area contributed by atoms with E-state index in [4.69, 9.17) is 5.73 Å². The van der Waals surface area contributed by atoms with Gasteiger partial charge in [0.05, 0.1) is 10.5 Å². The van der Waals surface area contributed by atoms with Crippen LogP contribution >= 0.6 is 0 Å². The number of rotatable bonds is 5. The normalized spacial score (nSPS) is 14.4. The molecular weight excluding hydrogens is 246 g/mol. The number of hydrogen-bond donors (Lipinski definition) is 1. The SMILES string of the molecule is CC(C)(C)S(=O)(=O)CCC(N)Cc1ccccc1. The first-order valence-electron chi connectivity index (χ1n) is 6.24. The van der Waals surface area contributed by atoms with Crippen LogP contribution in [0.4, 0.5) is 0 Å². The predicted octanol–water partition coefficient (Wildman–Crippen LogP) is 2.16. The summed E-state index contributed by atoms with van der Waals surface area (Å²) in [5.74, 6) is 0.157. The van der Waals surface area contributed by atoms with E-state index in [2.05, 4.69) is 0 Å². The Morgan fingerprint density at radius 2 is 1.72 bits per heavy atom. The van der Waals surface area contributed by atoms with E-state index in [0.29, 0.717) is 6.42 Å². The van der Waals surface area contributed by atoms with Crippen LogP contribution in [0.5, 0.6) is 0 Å². The van der Waals surface area contributed by atoms with Crippen molar-refractivity contribution >= 4 is 9.84 Å². The van der Waals surface area contributed by atoms with Gasteiger partial charge in [0, 0.05) is 6.04 Å². The Morgan fingerprint density at radius 3 is 2.22 bits per heavy atom. The number of benzene rings is 1. The second-order valence-electron chi connectivity index (χ2n) is 5.67. The molecule has 102 valence electrons. The molecule has 4 heteroatoms. The molecule has 0 aliphatic rings. The van der Waals surface area contributed by atoms with Gasteiger partial charge >= 0.3 is 0 Å². The standard InChI is InChI=1S/C14H23NO2S/c1-14(2,3)18(16,17)10-9-13(15)11-12-7-5-4-6-8-12/h4-8,13H,9-11,15H2,1-3H3. The van der Waals surface area contributed by atoms with Crippen molar-refractivity contribution in [2.45, 2.75) is 44.4 Å². The van der Waals surface area contributed by atoms with Crippen molar-refractivity contribution in [2.24, 2.45) is 5.73 Å². The van der Waals surface area contributed by atoms with Crippen molar-refractivity contribution in [3.63, 3.8) is 0 Å². The van der Waals surface area contributed by atoms with E-state index >= 15 is 0 Å². The first-order valence-corrected chi connectivity index (χ1v) is 7.89. The summed E-state index contributed by atoms with van der Waals surface area (Å²) in [5.41, 5.74) is 7.14. The summed E-state index contributed by atoms with van der Waals surface area (Å²) in [6.45, 7) is 5.18. The maximum Gasteiger partial charge on any atom is 0.155 e. The van der Waals surface area contributed by atoms with Crippen molar-refractivity contribution in [1.29, 1.82) is 0 Å². The van der Waals surface area contributed by atoms with Gasteiger partial charge in [-0.1, -0.05) is 30.3 Å². The summed E-state index contributed by atoms with van der Waals surface area (Å²) in [4.78, 5) is 0. The molecule has 0 spiro atoms. The minimum atomic E-state index is -3.07. The topological polar surface area (TPSA) is 60.2 Å². The molecule has 0 aromatic heterocycles. The van der Waals surface area contributed by atoms with E-state index in [1.807, 2.05) is 30.3 Å². The molecule has 0 saturated heterocycles. The second-order valence-corrected chi connectivity index (χ2v) is 8.53. The molecule has 2 N–H and O–H groups in total. The fraction of sp³-hybridized carbons (Fsp3) is 0.571. The van der Waals surface area contributed by atoms with Crippen LogP contribution < -0.4 is 5.73 Å². The third-order valence-corrected chi connectivity index (χ3v) is 5.67. The van der Waals surface area contributed by atoms with Crippen LogP contribution in [0.15, 0.2) is 30.3 Å². The van der Waals surface area contributed by atoms with Crippen LogP contribution in [0.1, 0.15) is 32.8 Å². The van der Waals surface area contributed by atoms with Crippen molar-refractivity contribution < 1.29 is 8.42 Å². The summed E-state index contributed by atoms with van der Waals surface area (Å²) < 4.78 is 23.2. The van der Waals surface area contributed by atoms with Gasteiger partial charge in [-0.2, -0.15) is 0 Å². The molecule has 18 heavy (non-hydrogen) atoms. The van der Waals surface area contributed by atoms with Gasteiger partial charge in [-0.05, 0) is 39.2 Å². The van der Waals surface area contributed by atoms with Gasteiger partial charge in [0.25, 0.3) is 0 Å². The van der Waals surface area contributed by atoms with Gasteiger partial charge in [0.1, 0.15) is 0 Å². The zero-order chi connectivity index (χ0) is 13.8. The molecule has 1 rings (SSSR count). The molecule has 3 nitrogen and oxygen atoms in total. The Bertz CT molecular complexity index is 460. The first-order chi connectivity index (χ1) is 8.22. The molecule has 0 amide bonds. The molecule has 1 atom stereocenters. The van der Waals surface area contributed by atoms with E-state index in [9.17, 15) is 8.42 Å². The maximum absolute atomic E-state index is 12.0. The largest absolute Gasteiger partial charge is 0.327 e. The zero-order valence-electron chi connectivity index (χ0n) is 11.4. The highest BCUT2D eigenvalue weighted by molar-refractivity contribution is 7.92. The Kier molecular flexibility index (Phi) is 4.93. The zero-order valence-corrected chi connectivity index (χ0v) is 12.2. The quantitative estimate of drug-likeness (QED) is 0.891. The van der Waals surface area contributed by atoms with Gasteiger partial charge in [-0.15, -0.1) is 0 Å². The van der Waals surface area contributed by atoms with E-state index in [1.165, 1.54) is 0 Å². The number of sulfone groups is 1. The van der Waals surface area contributed by atoms with E-state index in [-0.39, 0.29) is 11.8 Å². The summed E-state index contributed by atoms with van der Waals surface area (Å²) in [6, 6.07) is 9.81. The van der Waals surface area contributed by atoms with Crippen LogP contribution in [-0.4, -0.2) is 25.0 Å². The number of nitrogens with two attached hydrogens (primary N) is 1. The minimum Gasteiger partial charge on any atom is -0.327 e. The van der Waals surface area contributed by atoms with Crippen molar-refractivity contribution in [3.8, 4) is 0 Å². The van der Waals surface area contributed by atoms with Crippen LogP contribution in [0, 0.1) is 0 Å². The fourth-order valence-corrected chi connectivity index (χ4v) is 2.86. The lowest BCUT2D eigenvalue weighted by molar-refractivity contribution is 0.549. The van der Waals surface area contributed by atoms with Gasteiger partial charge in [-0.25, -0.2) is 8.42 Å². The second kappa shape index (κ2) is 5.85. The summed E-state index contributed by atoms with van der Waals surface area (Å²) in [7, 11) is -3.07. The maximum atomic E-state index is 12.0. The Balaban J connectivity index is 2.50. The predicted molar refractivity (Wildman–Crippen MR) is 76.3 cm³/mol. The summed E-state index contributed by atoms with van der Waals surface area (Å²) >= 11 is 0. The highest BCUT2D eigenvalue weighted by Crippen LogP contribution is 2.17. The van der Waals surface area contributed by atoms with E-state index < -0.39 is 14.6 Å².